The predicted molar refractivity (Wildman–Crippen MR) is 96.5 cm³/mol. The van der Waals surface area contributed by atoms with Gasteiger partial charge in [0.2, 0.25) is 0 Å². The van der Waals surface area contributed by atoms with Gasteiger partial charge in [-0.2, -0.15) is 11.3 Å². The fourth-order valence-electron chi connectivity index (χ4n) is 3.84. The number of aliphatic carboxylic acids is 1. The number of hydrogen-bond donors (Lipinski definition) is 2. The normalized spacial score (nSPS) is 18.0. The summed E-state index contributed by atoms with van der Waals surface area (Å²) in [5.41, 5.74) is 3.45. The molecule has 3 aromatic rings. The Bertz CT molecular complexity index is 832. The monoisotopic (exact) mass is 340 g/mol. The molecule has 2 aromatic heterocycles. The maximum absolute atomic E-state index is 11.7. The largest absolute Gasteiger partial charge is 0.480 e. The third-order valence-corrected chi connectivity index (χ3v) is 5.75. The number of H-pyrrole nitrogens is 1. The standard InChI is InChI=1S/C19H20N2O2S/c22-19(23)18(14-7-10-24-12-14)21-8-5-13(6-9-21)16-11-20-17-4-2-1-3-15(16)17/h1-4,7,10-13,18,20H,5-6,8-9H2,(H,22,23). The zero-order chi connectivity index (χ0) is 16.5. The molecule has 1 atom stereocenters. The van der Waals surface area contributed by atoms with E-state index < -0.39 is 12.0 Å². The van der Waals surface area contributed by atoms with E-state index in [0.29, 0.717) is 5.92 Å². The summed E-state index contributed by atoms with van der Waals surface area (Å²) in [6, 6.07) is 9.80. The van der Waals surface area contributed by atoms with Gasteiger partial charge in [0.25, 0.3) is 0 Å². The lowest BCUT2D eigenvalue weighted by Crippen LogP contribution is -2.39. The van der Waals surface area contributed by atoms with Crippen LogP contribution in [0, 0.1) is 0 Å². The topological polar surface area (TPSA) is 56.3 Å². The van der Waals surface area contributed by atoms with E-state index in [1.165, 1.54) is 16.5 Å². The predicted octanol–water partition coefficient (Wildman–Crippen LogP) is 4.23. The van der Waals surface area contributed by atoms with E-state index in [4.69, 9.17) is 0 Å². The van der Waals surface area contributed by atoms with E-state index in [0.717, 1.165) is 31.5 Å². The van der Waals surface area contributed by atoms with Crippen molar-refractivity contribution in [1.82, 2.24) is 9.88 Å². The van der Waals surface area contributed by atoms with Crippen molar-refractivity contribution in [3.05, 3.63) is 58.4 Å². The van der Waals surface area contributed by atoms with Crippen LogP contribution in [0.4, 0.5) is 0 Å². The molecule has 4 nitrogen and oxygen atoms in total. The number of fused-ring (bicyclic) bond motifs is 1. The van der Waals surface area contributed by atoms with E-state index in [9.17, 15) is 9.90 Å². The molecular formula is C19H20N2O2S. The molecule has 3 heterocycles. The first-order valence-electron chi connectivity index (χ1n) is 8.29. The van der Waals surface area contributed by atoms with Gasteiger partial charge >= 0.3 is 5.97 Å². The molecule has 4 rings (SSSR count). The lowest BCUT2D eigenvalue weighted by Gasteiger charge is -2.35. The molecule has 0 spiro atoms. The lowest BCUT2D eigenvalue weighted by atomic mass is 9.88. The maximum Gasteiger partial charge on any atom is 0.325 e. The number of rotatable bonds is 4. The SMILES string of the molecule is O=C(O)C(c1ccsc1)N1CCC(c2c[nH]c3ccccc23)CC1. The molecule has 0 bridgehead atoms. The van der Waals surface area contributed by atoms with Gasteiger partial charge in [0.1, 0.15) is 6.04 Å². The van der Waals surface area contributed by atoms with E-state index in [2.05, 4.69) is 34.3 Å². The molecule has 0 radical (unpaired) electrons. The highest BCUT2D eigenvalue weighted by atomic mass is 32.1. The Kier molecular flexibility index (Phi) is 4.12. The molecule has 1 aliphatic heterocycles. The molecule has 1 saturated heterocycles. The number of piperidine rings is 1. The van der Waals surface area contributed by atoms with Crippen LogP contribution in [0.3, 0.4) is 0 Å². The number of benzene rings is 1. The van der Waals surface area contributed by atoms with Crippen LogP contribution in [0.1, 0.15) is 35.9 Å². The Morgan fingerprint density at radius 3 is 2.75 bits per heavy atom. The molecule has 0 amide bonds. The molecule has 1 fully saturated rings. The molecule has 124 valence electrons. The van der Waals surface area contributed by atoms with Gasteiger partial charge in [0.05, 0.1) is 0 Å². The molecule has 5 heteroatoms. The van der Waals surface area contributed by atoms with Gasteiger partial charge in [-0.15, -0.1) is 0 Å². The second-order valence-electron chi connectivity index (χ2n) is 6.40. The molecule has 0 saturated carbocycles. The summed E-state index contributed by atoms with van der Waals surface area (Å²) in [7, 11) is 0. The summed E-state index contributed by atoms with van der Waals surface area (Å²) in [5, 5.41) is 14.8. The summed E-state index contributed by atoms with van der Waals surface area (Å²) in [6.07, 6.45) is 4.12. The summed E-state index contributed by atoms with van der Waals surface area (Å²) in [6.45, 7) is 1.63. The van der Waals surface area contributed by atoms with Crippen LogP contribution in [-0.2, 0) is 4.79 Å². The van der Waals surface area contributed by atoms with Crippen LogP contribution >= 0.6 is 11.3 Å². The summed E-state index contributed by atoms with van der Waals surface area (Å²) in [4.78, 5) is 17.2. The number of carboxylic acid groups (broad SMARTS) is 1. The van der Waals surface area contributed by atoms with Gasteiger partial charge in [-0.1, -0.05) is 18.2 Å². The number of carbonyl (C=O) groups is 1. The minimum Gasteiger partial charge on any atom is -0.480 e. The highest BCUT2D eigenvalue weighted by Crippen LogP contribution is 2.36. The van der Waals surface area contributed by atoms with Crippen LogP contribution in [-0.4, -0.2) is 34.0 Å². The number of likely N-dealkylation sites (tertiary alicyclic amines) is 1. The number of aromatic nitrogens is 1. The zero-order valence-corrected chi connectivity index (χ0v) is 14.1. The fraction of sp³-hybridized carbons (Fsp3) is 0.316. The second-order valence-corrected chi connectivity index (χ2v) is 7.18. The number of hydrogen-bond acceptors (Lipinski definition) is 3. The number of carboxylic acids is 1. The summed E-state index contributed by atoms with van der Waals surface area (Å²) < 4.78 is 0. The third kappa shape index (κ3) is 2.74. The average Bonchev–Trinajstić information content (AvgIpc) is 3.25. The third-order valence-electron chi connectivity index (χ3n) is 5.05. The van der Waals surface area contributed by atoms with Gasteiger partial charge in [0.15, 0.2) is 0 Å². The molecule has 24 heavy (non-hydrogen) atoms. The van der Waals surface area contributed by atoms with Gasteiger partial charge in [0, 0.05) is 17.1 Å². The van der Waals surface area contributed by atoms with Crippen LogP contribution in [0.5, 0.6) is 0 Å². The summed E-state index contributed by atoms with van der Waals surface area (Å²) in [5.74, 6) is -0.256. The second kappa shape index (κ2) is 6.42. The fourth-order valence-corrected chi connectivity index (χ4v) is 4.52. The maximum atomic E-state index is 11.7. The first kappa shape index (κ1) is 15.4. The van der Waals surface area contributed by atoms with E-state index in [1.54, 1.807) is 11.3 Å². The number of para-hydroxylation sites is 1. The van der Waals surface area contributed by atoms with Gasteiger partial charge in [-0.05, 0) is 65.9 Å². The van der Waals surface area contributed by atoms with Crippen molar-refractivity contribution < 1.29 is 9.90 Å². The first-order chi connectivity index (χ1) is 11.7. The zero-order valence-electron chi connectivity index (χ0n) is 13.3. The van der Waals surface area contributed by atoms with Crippen LogP contribution in [0.2, 0.25) is 0 Å². The number of thiophene rings is 1. The Morgan fingerprint density at radius 2 is 2.04 bits per heavy atom. The Balaban J connectivity index is 1.51. The Labute approximate surface area is 144 Å². The highest BCUT2D eigenvalue weighted by Gasteiger charge is 2.32. The number of aromatic amines is 1. The van der Waals surface area contributed by atoms with Crippen molar-refractivity contribution >= 4 is 28.2 Å². The van der Waals surface area contributed by atoms with Crippen LogP contribution in [0.15, 0.2) is 47.3 Å². The average molecular weight is 340 g/mol. The molecule has 1 aliphatic rings. The summed E-state index contributed by atoms with van der Waals surface area (Å²) >= 11 is 1.56. The van der Waals surface area contributed by atoms with Crippen molar-refractivity contribution in [1.29, 1.82) is 0 Å². The van der Waals surface area contributed by atoms with Crippen LogP contribution < -0.4 is 0 Å². The molecule has 2 N–H and O–H groups in total. The molecule has 1 unspecified atom stereocenters. The van der Waals surface area contributed by atoms with Crippen molar-refractivity contribution in [3.8, 4) is 0 Å². The van der Waals surface area contributed by atoms with E-state index in [1.807, 2.05) is 22.9 Å². The van der Waals surface area contributed by atoms with E-state index >= 15 is 0 Å². The molecule has 1 aromatic carbocycles. The van der Waals surface area contributed by atoms with Crippen molar-refractivity contribution in [2.45, 2.75) is 24.8 Å². The lowest BCUT2D eigenvalue weighted by molar-refractivity contribution is -0.144. The van der Waals surface area contributed by atoms with E-state index in [-0.39, 0.29) is 0 Å². The van der Waals surface area contributed by atoms with Gasteiger partial charge < -0.3 is 10.1 Å². The van der Waals surface area contributed by atoms with Gasteiger partial charge in [-0.3, -0.25) is 9.69 Å². The van der Waals surface area contributed by atoms with Crippen molar-refractivity contribution in [3.63, 3.8) is 0 Å². The number of nitrogens with zero attached hydrogens (tertiary/aromatic N) is 1. The number of nitrogens with one attached hydrogen (secondary N) is 1. The minimum absolute atomic E-state index is 0.495. The van der Waals surface area contributed by atoms with Crippen LogP contribution in [0.25, 0.3) is 10.9 Å². The Hall–Kier alpha value is -2.11. The van der Waals surface area contributed by atoms with Crippen molar-refractivity contribution in [2.75, 3.05) is 13.1 Å². The van der Waals surface area contributed by atoms with Gasteiger partial charge in [-0.25, -0.2) is 0 Å². The highest BCUT2D eigenvalue weighted by molar-refractivity contribution is 7.08. The van der Waals surface area contributed by atoms with Crippen molar-refractivity contribution in [2.24, 2.45) is 0 Å². The molecule has 0 aliphatic carbocycles. The Morgan fingerprint density at radius 1 is 1.25 bits per heavy atom. The quantitative estimate of drug-likeness (QED) is 0.747. The molecular weight excluding hydrogens is 320 g/mol. The minimum atomic E-state index is -0.751. The first-order valence-corrected chi connectivity index (χ1v) is 9.23. The smallest absolute Gasteiger partial charge is 0.325 e.